The van der Waals surface area contributed by atoms with Gasteiger partial charge in [0.2, 0.25) is 11.8 Å². The second kappa shape index (κ2) is 2.79. The number of nitrogens with zero attached hydrogens (tertiary/aromatic N) is 1. The molecule has 0 spiro atoms. The summed E-state index contributed by atoms with van der Waals surface area (Å²) in [4.78, 5) is 24.8. The van der Waals surface area contributed by atoms with Gasteiger partial charge in [0.1, 0.15) is 0 Å². The van der Waals surface area contributed by atoms with Gasteiger partial charge in [-0.15, -0.1) is 0 Å². The van der Waals surface area contributed by atoms with E-state index < -0.39 is 0 Å². The molecule has 0 aromatic carbocycles. The first-order valence-electron chi connectivity index (χ1n) is 5.33. The standard InChI is InChI=1S/C10H14N2O2/c13-9-7-3-8(7)10(14)12(9)5-6-1-2-11-4-6/h6-8,11H,1-5H2. The lowest BCUT2D eigenvalue weighted by Gasteiger charge is -2.19. The number of amides is 2. The first kappa shape index (κ1) is 8.41. The predicted octanol–water partition coefficient (Wildman–Crippen LogP) is -0.399. The lowest BCUT2D eigenvalue weighted by Crippen LogP contribution is -2.37. The summed E-state index contributed by atoms with van der Waals surface area (Å²) in [6.45, 7) is 2.62. The Kier molecular flexibility index (Phi) is 1.68. The first-order chi connectivity index (χ1) is 6.77. The van der Waals surface area contributed by atoms with E-state index in [4.69, 9.17) is 0 Å². The summed E-state index contributed by atoms with van der Waals surface area (Å²) in [5.74, 6) is 0.799. The number of rotatable bonds is 2. The van der Waals surface area contributed by atoms with Crippen molar-refractivity contribution in [2.24, 2.45) is 17.8 Å². The number of nitrogens with one attached hydrogen (secondary N) is 1. The Morgan fingerprint density at radius 1 is 1.29 bits per heavy atom. The highest BCUT2D eigenvalue weighted by molar-refractivity contribution is 6.08. The summed E-state index contributed by atoms with van der Waals surface area (Å²) in [6, 6.07) is 0. The molecule has 3 aliphatic rings. The zero-order valence-electron chi connectivity index (χ0n) is 8.03. The number of likely N-dealkylation sites (tertiary alicyclic amines) is 1. The van der Waals surface area contributed by atoms with Gasteiger partial charge in [0.05, 0.1) is 11.8 Å². The van der Waals surface area contributed by atoms with Crippen molar-refractivity contribution in [2.75, 3.05) is 19.6 Å². The van der Waals surface area contributed by atoms with Crippen molar-refractivity contribution in [3.8, 4) is 0 Å². The Bertz CT molecular complexity index is 276. The highest BCUT2D eigenvalue weighted by Crippen LogP contribution is 2.47. The molecule has 4 nitrogen and oxygen atoms in total. The van der Waals surface area contributed by atoms with Gasteiger partial charge in [-0.1, -0.05) is 0 Å². The number of hydrogen-bond donors (Lipinski definition) is 1. The van der Waals surface area contributed by atoms with Crippen LogP contribution in [0.3, 0.4) is 0 Å². The molecular weight excluding hydrogens is 180 g/mol. The van der Waals surface area contributed by atoms with Crippen LogP contribution in [0.1, 0.15) is 12.8 Å². The topological polar surface area (TPSA) is 49.4 Å². The number of imide groups is 1. The summed E-state index contributed by atoms with van der Waals surface area (Å²) in [5, 5.41) is 3.25. The fourth-order valence-corrected chi connectivity index (χ4v) is 2.56. The van der Waals surface area contributed by atoms with Crippen LogP contribution in [0.4, 0.5) is 0 Å². The van der Waals surface area contributed by atoms with Gasteiger partial charge < -0.3 is 5.32 Å². The Hall–Kier alpha value is -0.900. The van der Waals surface area contributed by atoms with Crippen molar-refractivity contribution < 1.29 is 9.59 Å². The molecule has 1 aliphatic carbocycles. The zero-order chi connectivity index (χ0) is 9.71. The average Bonchev–Trinajstić information content (AvgIpc) is 2.75. The molecule has 2 aliphatic heterocycles. The molecule has 3 unspecified atom stereocenters. The monoisotopic (exact) mass is 194 g/mol. The van der Waals surface area contributed by atoms with E-state index in [1.165, 1.54) is 4.90 Å². The maximum absolute atomic E-state index is 11.6. The Morgan fingerprint density at radius 2 is 2.00 bits per heavy atom. The predicted molar refractivity (Wildman–Crippen MR) is 49.3 cm³/mol. The molecule has 1 N–H and O–H groups in total. The fraction of sp³-hybridized carbons (Fsp3) is 0.800. The third kappa shape index (κ3) is 1.10. The highest BCUT2D eigenvalue weighted by Gasteiger charge is 2.58. The lowest BCUT2D eigenvalue weighted by atomic mass is 10.1. The van der Waals surface area contributed by atoms with E-state index in [0.29, 0.717) is 12.5 Å². The van der Waals surface area contributed by atoms with Gasteiger partial charge in [-0.2, -0.15) is 0 Å². The molecule has 0 aromatic rings. The molecule has 3 fully saturated rings. The van der Waals surface area contributed by atoms with Crippen LogP contribution in [-0.4, -0.2) is 36.3 Å². The molecule has 0 bridgehead atoms. The van der Waals surface area contributed by atoms with Crippen LogP contribution >= 0.6 is 0 Å². The minimum Gasteiger partial charge on any atom is -0.316 e. The zero-order valence-corrected chi connectivity index (χ0v) is 8.03. The number of fused-ring (bicyclic) bond motifs is 1. The van der Waals surface area contributed by atoms with Gasteiger partial charge >= 0.3 is 0 Å². The minimum absolute atomic E-state index is 0.0665. The smallest absolute Gasteiger partial charge is 0.233 e. The van der Waals surface area contributed by atoms with Crippen molar-refractivity contribution in [1.82, 2.24) is 10.2 Å². The molecule has 3 rings (SSSR count). The maximum atomic E-state index is 11.6. The third-order valence-corrected chi connectivity index (χ3v) is 3.56. The minimum atomic E-state index is 0.0665. The molecule has 0 aromatic heterocycles. The van der Waals surface area contributed by atoms with E-state index in [9.17, 15) is 9.59 Å². The summed E-state index contributed by atoms with van der Waals surface area (Å²) >= 11 is 0. The highest BCUT2D eigenvalue weighted by atomic mass is 16.2. The second-order valence-electron chi connectivity index (χ2n) is 4.59. The van der Waals surface area contributed by atoms with E-state index in [1.807, 2.05) is 0 Å². The quantitative estimate of drug-likeness (QED) is 0.609. The normalized spacial score (nSPS) is 40.6. The van der Waals surface area contributed by atoms with Crippen LogP contribution in [-0.2, 0) is 9.59 Å². The SMILES string of the molecule is O=C1C2CC2C(=O)N1CC1CCNC1. The summed E-state index contributed by atoms with van der Waals surface area (Å²) < 4.78 is 0. The second-order valence-corrected chi connectivity index (χ2v) is 4.59. The van der Waals surface area contributed by atoms with Crippen molar-refractivity contribution in [1.29, 1.82) is 0 Å². The Balaban J connectivity index is 1.67. The molecule has 14 heavy (non-hydrogen) atoms. The summed E-state index contributed by atoms with van der Waals surface area (Å²) in [7, 11) is 0. The maximum Gasteiger partial charge on any atom is 0.233 e. The van der Waals surface area contributed by atoms with Gasteiger partial charge in [-0.05, 0) is 31.8 Å². The van der Waals surface area contributed by atoms with Gasteiger partial charge in [0, 0.05) is 6.54 Å². The van der Waals surface area contributed by atoms with Gasteiger partial charge in [0.15, 0.2) is 0 Å². The fourth-order valence-electron chi connectivity index (χ4n) is 2.56. The van der Waals surface area contributed by atoms with Gasteiger partial charge in [-0.3, -0.25) is 14.5 Å². The van der Waals surface area contributed by atoms with Crippen molar-refractivity contribution >= 4 is 11.8 Å². The molecular formula is C10H14N2O2. The largest absolute Gasteiger partial charge is 0.316 e. The summed E-state index contributed by atoms with van der Waals surface area (Å²) in [6.07, 6.45) is 1.91. The van der Waals surface area contributed by atoms with E-state index in [1.54, 1.807) is 0 Å². The van der Waals surface area contributed by atoms with Crippen LogP contribution in [0.2, 0.25) is 0 Å². The molecule has 2 saturated heterocycles. The van der Waals surface area contributed by atoms with Crippen LogP contribution in [0.5, 0.6) is 0 Å². The number of piperidine rings is 1. The van der Waals surface area contributed by atoms with E-state index in [-0.39, 0.29) is 23.7 Å². The summed E-state index contributed by atoms with van der Waals surface area (Å²) in [5.41, 5.74) is 0. The number of carbonyl (C=O) groups excluding carboxylic acids is 2. The van der Waals surface area contributed by atoms with Crippen molar-refractivity contribution in [3.63, 3.8) is 0 Å². The molecule has 3 atom stereocenters. The van der Waals surface area contributed by atoms with Crippen LogP contribution < -0.4 is 5.32 Å². The van der Waals surface area contributed by atoms with Crippen LogP contribution in [0.25, 0.3) is 0 Å². The van der Waals surface area contributed by atoms with Crippen molar-refractivity contribution in [2.45, 2.75) is 12.8 Å². The molecule has 2 heterocycles. The van der Waals surface area contributed by atoms with E-state index in [0.717, 1.165) is 25.9 Å². The average molecular weight is 194 g/mol. The molecule has 4 heteroatoms. The molecule has 1 saturated carbocycles. The molecule has 0 radical (unpaired) electrons. The number of carbonyl (C=O) groups is 2. The van der Waals surface area contributed by atoms with E-state index >= 15 is 0 Å². The Labute approximate surface area is 82.6 Å². The number of hydrogen-bond acceptors (Lipinski definition) is 3. The third-order valence-electron chi connectivity index (χ3n) is 3.56. The van der Waals surface area contributed by atoms with Gasteiger partial charge in [0.25, 0.3) is 0 Å². The lowest BCUT2D eigenvalue weighted by molar-refractivity contribution is -0.141. The molecule has 76 valence electrons. The van der Waals surface area contributed by atoms with Crippen LogP contribution in [0.15, 0.2) is 0 Å². The molecule has 2 amide bonds. The van der Waals surface area contributed by atoms with Gasteiger partial charge in [-0.25, -0.2) is 0 Å². The van der Waals surface area contributed by atoms with E-state index in [2.05, 4.69) is 5.32 Å². The van der Waals surface area contributed by atoms with Crippen molar-refractivity contribution in [3.05, 3.63) is 0 Å². The first-order valence-corrected chi connectivity index (χ1v) is 5.33. The van der Waals surface area contributed by atoms with Crippen LogP contribution in [0, 0.1) is 17.8 Å². The Morgan fingerprint density at radius 3 is 2.57 bits per heavy atom.